The first-order valence-corrected chi connectivity index (χ1v) is 3.51. The van der Waals surface area contributed by atoms with Crippen molar-refractivity contribution in [2.24, 2.45) is 0 Å². The molecule has 5 atom stereocenters. The van der Waals surface area contributed by atoms with Crippen molar-refractivity contribution < 1.29 is 29.6 Å². The van der Waals surface area contributed by atoms with E-state index in [0.717, 1.165) is 0 Å². The van der Waals surface area contributed by atoms with Crippen molar-refractivity contribution in [3.8, 4) is 0 Å². The van der Waals surface area contributed by atoms with Gasteiger partial charge in [0, 0.05) is 0 Å². The minimum atomic E-state index is -1.40. The van der Waals surface area contributed by atoms with Crippen LogP contribution in [0.1, 0.15) is 0 Å². The van der Waals surface area contributed by atoms with Crippen LogP contribution in [-0.2, 0) is 14.3 Å². The second kappa shape index (κ2) is 2.40. The Morgan fingerprint density at radius 3 is 2.42 bits per heavy atom. The topological polar surface area (TPSA) is 96.2 Å². The Balaban J connectivity index is 2.19. The molecule has 0 aliphatic carbocycles. The molecule has 6 heteroatoms. The van der Waals surface area contributed by atoms with Gasteiger partial charge < -0.3 is 24.8 Å². The highest BCUT2D eigenvalue weighted by molar-refractivity contribution is 5.78. The normalized spacial score (nSPS) is 52.2. The number of carbonyl (C=O) groups is 1. The average Bonchev–Trinajstić information content (AvgIpc) is 2.43. The predicted octanol–water partition coefficient (Wildman–Crippen LogP) is -2.65. The van der Waals surface area contributed by atoms with Crippen molar-refractivity contribution in [2.75, 3.05) is 0 Å². The van der Waals surface area contributed by atoms with E-state index >= 15 is 0 Å². The minimum absolute atomic E-state index is 0.823. The molecule has 2 rings (SSSR count). The summed E-state index contributed by atoms with van der Waals surface area (Å²) in [5.74, 6) is -0.823. The van der Waals surface area contributed by atoms with E-state index in [1.807, 2.05) is 0 Å². The van der Waals surface area contributed by atoms with Crippen LogP contribution in [0, 0.1) is 0 Å². The van der Waals surface area contributed by atoms with E-state index in [-0.39, 0.29) is 0 Å². The molecule has 0 amide bonds. The van der Waals surface area contributed by atoms with Crippen LogP contribution in [0.25, 0.3) is 0 Å². The number of hydrogen-bond donors (Lipinski definition) is 3. The summed E-state index contributed by atoms with van der Waals surface area (Å²) >= 11 is 0. The van der Waals surface area contributed by atoms with Crippen LogP contribution in [0.15, 0.2) is 0 Å². The molecule has 0 aromatic carbocycles. The number of fused-ring (bicyclic) bond motifs is 1. The molecule has 2 aliphatic heterocycles. The summed E-state index contributed by atoms with van der Waals surface area (Å²) in [7, 11) is 0. The van der Waals surface area contributed by atoms with E-state index in [1.54, 1.807) is 0 Å². The number of ether oxygens (including phenoxy) is 2. The summed E-state index contributed by atoms with van der Waals surface area (Å²) in [5.41, 5.74) is 0. The van der Waals surface area contributed by atoms with E-state index in [1.165, 1.54) is 0 Å². The molecule has 0 aromatic heterocycles. The molecule has 0 aromatic rings. The van der Waals surface area contributed by atoms with E-state index in [9.17, 15) is 4.79 Å². The van der Waals surface area contributed by atoms with Gasteiger partial charge in [0.15, 0.2) is 18.5 Å². The molecule has 12 heavy (non-hydrogen) atoms. The lowest BCUT2D eigenvalue weighted by Crippen LogP contribution is -2.32. The molecule has 0 unspecified atom stereocenters. The van der Waals surface area contributed by atoms with Crippen molar-refractivity contribution >= 4 is 5.97 Å². The molecule has 2 aliphatic rings. The second-order valence-corrected chi connectivity index (χ2v) is 2.83. The van der Waals surface area contributed by atoms with Crippen molar-refractivity contribution in [1.29, 1.82) is 0 Å². The van der Waals surface area contributed by atoms with Gasteiger partial charge in [-0.15, -0.1) is 0 Å². The highest BCUT2D eigenvalue weighted by atomic mass is 16.7. The SMILES string of the molecule is O=C1O[C@@H]2[C@H](O)[C@@H](O)O[C@@H]2[C@@H]1O. The molecule has 2 saturated heterocycles. The average molecular weight is 176 g/mol. The van der Waals surface area contributed by atoms with E-state index < -0.39 is 36.7 Å². The van der Waals surface area contributed by atoms with Gasteiger partial charge in [-0.25, -0.2) is 4.79 Å². The first-order valence-electron chi connectivity index (χ1n) is 3.51. The Kier molecular flexibility index (Phi) is 1.58. The summed E-state index contributed by atoms with van der Waals surface area (Å²) in [5, 5.41) is 27.2. The van der Waals surface area contributed by atoms with Gasteiger partial charge in [-0.2, -0.15) is 0 Å². The van der Waals surface area contributed by atoms with Gasteiger partial charge in [-0.05, 0) is 0 Å². The lowest BCUT2D eigenvalue weighted by Gasteiger charge is -2.10. The first kappa shape index (κ1) is 7.93. The monoisotopic (exact) mass is 176 g/mol. The third-order valence-corrected chi connectivity index (χ3v) is 2.05. The molecule has 0 bridgehead atoms. The van der Waals surface area contributed by atoms with Crippen LogP contribution in [-0.4, -0.2) is 52.0 Å². The fourth-order valence-corrected chi connectivity index (χ4v) is 1.40. The predicted molar refractivity (Wildman–Crippen MR) is 32.8 cm³/mol. The Labute approximate surface area is 67.3 Å². The summed E-state index contributed by atoms with van der Waals surface area (Å²) in [6, 6.07) is 0. The Morgan fingerprint density at radius 1 is 1.17 bits per heavy atom. The largest absolute Gasteiger partial charge is 0.454 e. The van der Waals surface area contributed by atoms with Crippen LogP contribution >= 0.6 is 0 Å². The molecule has 0 saturated carbocycles. The number of carbonyl (C=O) groups excluding carboxylic acids is 1. The standard InChI is InChI=1S/C6H8O6/c7-1-3-4(12-5(1)9)2(8)6(10)11-3/h1-5,7-9H/t1-,2-,3+,4+,5-/m0/s1. The molecular weight excluding hydrogens is 168 g/mol. The molecule has 2 heterocycles. The van der Waals surface area contributed by atoms with Gasteiger partial charge in [0.05, 0.1) is 0 Å². The first-order chi connectivity index (χ1) is 5.61. The van der Waals surface area contributed by atoms with Crippen LogP contribution in [0.4, 0.5) is 0 Å². The molecule has 0 spiro atoms. The van der Waals surface area contributed by atoms with Gasteiger partial charge >= 0.3 is 5.97 Å². The van der Waals surface area contributed by atoms with Crippen molar-refractivity contribution in [2.45, 2.75) is 30.7 Å². The van der Waals surface area contributed by atoms with Crippen molar-refractivity contribution in [1.82, 2.24) is 0 Å². The summed E-state index contributed by atoms with van der Waals surface area (Å²) in [6.07, 6.45) is -5.94. The zero-order chi connectivity index (χ0) is 8.88. The highest BCUT2D eigenvalue weighted by Crippen LogP contribution is 2.30. The minimum Gasteiger partial charge on any atom is -0.454 e. The molecule has 2 fully saturated rings. The smallest absolute Gasteiger partial charge is 0.338 e. The van der Waals surface area contributed by atoms with Gasteiger partial charge in [0.1, 0.15) is 12.2 Å². The van der Waals surface area contributed by atoms with Crippen LogP contribution in [0.2, 0.25) is 0 Å². The highest BCUT2D eigenvalue weighted by Gasteiger charge is 2.56. The maximum Gasteiger partial charge on any atom is 0.338 e. The number of rotatable bonds is 0. The number of esters is 1. The third-order valence-electron chi connectivity index (χ3n) is 2.05. The summed E-state index contributed by atoms with van der Waals surface area (Å²) < 4.78 is 9.25. The Bertz CT molecular complexity index is 216. The van der Waals surface area contributed by atoms with Crippen LogP contribution < -0.4 is 0 Å². The fraction of sp³-hybridized carbons (Fsp3) is 0.833. The third kappa shape index (κ3) is 0.862. The van der Waals surface area contributed by atoms with Gasteiger partial charge in [-0.1, -0.05) is 0 Å². The Hall–Kier alpha value is -0.690. The van der Waals surface area contributed by atoms with E-state index in [0.29, 0.717) is 0 Å². The van der Waals surface area contributed by atoms with Crippen molar-refractivity contribution in [3.05, 3.63) is 0 Å². The number of hydrogen-bond acceptors (Lipinski definition) is 6. The second-order valence-electron chi connectivity index (χ2n) is 2.83. The molecule has 6 nitrogen and oxygen atoms in total. The summed E-state index contributed by atoms with van der Waals surface area (Å²) in [6.45, 7) is 0. The zero-order valence-corrected chi connectivity index (χ0v) is 5.95. The van der Waals surface area contributed by atoms with E-state index in [4.69, 9.17) is 15.3 Å². The lowest BCUT2D eigenvalue weighted by molar-refractivity contribution is -0.168. The molecule has 0 radical (unpaired) electrons. The Morgan fingerprint density at radius 2 is 1.83 bits per heavy atom. The zero-order valence-electron chi connectivity index (χ0n) is 5.95. The van der Waals surface area contributed by atoms with Gasteiger partial charge in [0.2, 0.25) is 0 Å². The van der Waals surface area contributed by atoms with Crippen molar-refractivity contribution in [3.63, 3.8) is 0 Å². The van der Waals surface area contributed by atoms with Crippen LogP contribution in [0.3, 0.4) is 0 Å². The van der Waals surface area contributed by atoms with Crippen LogP contribution in [0.5, 0.6) is 0 Å². The fourth-order valence-electron chi connectivity index (χ4n) is 1.40. The number of aliphatic hydroxyl groups excluding tert-OH is 3. The molecular formula is C6H8O6. The molecule has 68 valence electrons. The lowest BCUT2D eigenvalue weighted by atomic mass is 10.1. The van der Waals surface area contributed by atoms with Gasteiger partial charge in [-0.3, -0.25) is 0 Å². The number of aliphatic hydroxyl groups is 3. The van der Waals surface area contributed by atoms with E-state index in [2.05, 4.69) is 9.47 Å². The summed E-state index contributed by atoms with van der Waals surface area (Å²) in [4.78, 5) is 10.7. The maximum atomic E-state index is 10.7. The molecule has 3 N–H and O–H groups in total. The quantitative estimate of drug-likeness (QED) is 0.349. The van der Waals surface area contributed by atoms with Gasteiger partial charge in [0.25, 0.3) is 0 Å². The maximum absolute atomic E-state index is 10.7.